The van der Waals surface area contributed by atoms with Gasteiger partial charge < -0.3 is 15.1 Å². The third kappa shape index (κ3) is 7.85. The lowest BCUT2D eigenvalue weighted by Crippen LogP contribution is -2.44. The number of guanidine groups is 1. The Morgan fingerprint density at radius 1 is 1.37 bits per heavy atom. The number of oxazole rings is 1. The summed E-state index contributed by atoms with van der Waals surface area (Å²) in [6, 6.07) is 4.37. The molecule has 1 unspecified atom stereocenters. The molecule has 0 saturated carbocycles. The van der Waals surface area contributed by atoms with E-state index in [2.05, 4.69) is 70.7 Å². The highest BCUT2D eigenvalue weighted by Crippen LogP contribution is 2.23. The van der Waals surface area contributed by atoms with Crippen LogP contribution in [0.2, 0.25) is 0 Å². The zero-order valence-electron chi connectivity index (χ0n) is 18.6. The van der Waals surface area contributed by atoms with Crippen LogP contribution in [0.25, 0.3) is 0 Å². The molecule has 30 heavy (non-hydrogen) atoms. The topological polar surface area (TPSA) is 65.7 Å². The van der Waals surface area contributed by atoms with Crippen molar-refractivity contribution in [2.45, 2.75) is 59.0 Å². The normalized spacial score (nSPS) is 18.1. The Bertz CT molecular complexity index is 769. The third-order valence-corrected chi connectivity index (χ3v) is 5.99. The number of halogens is 1. The summed E-state index contributed by atoms with van der Waals surface area (Å²) in [5, 5.41) is 9.02. The lowest BCUT2D eigenvalue weighted by Gasteiger charge is -2.32. The van der Waals surface area contributed by atoms with Crippen LogP contribution < -0.4 is 10.6 Å². The van der Waals surface area contributed by atoms with Gasteiger partial charge in [0, 0.05) is 36.5 Å². The van der Waals surface area contributed by atoms with Gasteiger partial charge in [0.25, 0.3) is 0 Å². The van der Waals surface area contributed by atoms with Crippen LogP contribution >= 0.6 is 35.3 Å². The number of likely N-dealkylation sites (tertiary alicyclic amines) is 1. The molecule has 0 aliphatic carbocycles. The lowest BCUT2D eigenvalue weighted by atomic mass is 9.94. The van der Waals surface area contributed by atoms with E-state index in [1.165, 1.54) is 24.3 Å². The third-order valence-electron chi connectivity index (χ3n) is 5.13. The Hall–Kier alpha value is -1.13. The van der Waals surface area contributed by atoms with Crippen LogP contribution in [0.3, 0.4) is 0 Å². The van der Waals surface area contributed by atoms with Crippen LogP contribution in [0, 0.1) is 5.92 Å². The zero-order valence-corrected chi connectivity index (χ0v) is 21.8. The molecule has 2 aromatic rings. The molecule has 6 nitrogen and oxygen atoms in total. The molecule has 0 amide bonds. The van der Waals surface area contributed by atoms with E-state index in [9.17, 15) is 0 Å². The van der Waals surface area contributed by atoms with E-state index in [1.807, 2.05) is 17.5 Å². The molecule has 1 aliphatic rings. The maximum absolute atomic E-state index is 5.86. The van der Waals surface area contributed by atoms with Crippen molar-refractivity contribution in [3.63, 3.8) is 0 Å². The van der Waals surface area contributed by atoms with Gasteiger partial charge in [-0.15, -0.1) is 35.3 Å². The van der Waals surface area contributed by atoms with Gasteiger partial charge in [0.2, 0.25) is 5.89 Å². The van der Waals surface area contributed by atoms with E-state index in [0.717, 1.165) is 37.9 Å². The molecule has 3 rings (SSSR count). The minimum absolute atomic E-state index is 0. The summed E-state index contributed by atoms with van der Waals surface area (Å²) >= 11 is 1.85. The molecule has 2 N–H and O–H groups in total. The van der Waals surface area contributed by atoms with E-state index >= 15 is 0 Å². The average molecular weight is 546 g/mol. The Morgan fingerprint density at radius 3 is 2.87 bits per heavy atom. The van der Waals surface area contributed by atoms with Crippen molar-refractivity contribution in [2.75, 3.05) is 26.2 Å². The number of nitrogens with one attached hydrogen (secondary N) is 2. The molecule has 0 radical (unpaired) electrons. The van der Waals surface area contributed by atoms with Gasteiger partial charge in [0.05, 0.1) is 6.20 Å². The Labute approximate surface area is 202 Å². The van der Waals surface area contributed by atoms with Crippen LogP contribution in [0.4, 0.5) is 0 Å². The lowest BCUT2D eigenvalue weighted by molar-refractivity contribution is 0.169. The van der Waals surface area contributed by atoms with Crippen molar-refractivity contribution in [2.24, 2.45) is 10.9 Å². The first kappa shape index (κ1) is 25.1. The first-order valence-electron chi connectivity index (χ1n) is 10.7. The van der Waals surface area contributed by atoms with Crippen molar-refractivity contribution >= 4 is 41.3 Å². The monoisotopic (exact) mass is 545 g/mol. The second kappa shape index (κ2) is 12.0. The van der Waals surface area contributed by atoms with E-state index in [0.29, 0.717) is 18.4 Å². The highest BCUT2D eigenvalue weighted by Gasteiger charge is 2.21. The van der Waals surface area contributed by atoms with Gasteiger partial charge >= 0.3 is 0 Å². The smallest absolute Gasteiger partial charge is 0.216 e. The fraction of sp³-hybridized carbons (Fsp3) is 0.636. The standard InChI is InChI=1S/C22H35N5OS.HI/c1-5-23-21(26-14-20-24-13-19(28-20)22(2,3)4)25-12-17-8-6-10-27(15-17)16-18-9-7-11-29-18;/h7,9,11,13,17H,5-6,8,10,12,14-16H2,1-4H3,(H2,23,25,26);1H. The molecule has 0 aromatic carbocycles. The Balaban J connectivity index is 0.00000320. The second-order valence-electron chi connectivity index (χ2n) is 8.77. The second-order valence-corrected chi connectivity index (χ2v) is 9.80. The quantitative estimate of drug-likeness (QED) is 0.302. The summed E-state index contributed by atoms with van der Waals surface area (Å²) in [6.07, 6.45) is 4.34. The van der Waals surface area contributed by atoms with Gasteiger partial charge in [0.1, 0.15) is 12.3 Å². The van der Waals surface area contributed by atoms with Crippen LogP contribution in [-0.2, 0) is 18.5 Å². The zero-order chi connectivity index (χ0) is 20.7. The number of rotatable bonds is 7. The highest BCUT2D eigenvalue weighted by molar-refractivity contribution is 14.0. The van der Waals surface area contributed by atoms with Gasteiger partial charge in [-0.3, -0.25) is 4.90 Å². The van der Waals surface area contributed by atoms with E-state index in [1.54, 1.807) is 0 Å². The van der Waals surface area contributed by atoms with Crippen LogP contribution in [-0.4, -0.2) is 42.0 Å². The first-order valence-corrected chi connectivity index (χ1v) is 11.5. The van der Waals surface area contributed by atoms with Crippen molar-refractivity contribution in [3.8, 4) is 0 Å². The number of hydrogen-bond acceptors (Lipinski definition) is 5. The molecule has 0 spiro atoms. The molecule has 1 saturated heterocycles. The molecular formula is C22H36IN5OS. The summed E-state index contributed by atoms with van der Waals surface area (Å²) in [6.45, 7) is 14.1. The molecule has 1 atom stereocenters. The van der Waals surface area contributed by atoms with Gasteiger partial charge in [-0.2, -0.15) is 0 Å². The maximum atomic E-state index is 5.86. The van der Waals surface area contributed by atoms with Gasteiger partial charge in [-0.25, -0.2) is 9.98 Å². The number of piperidine rings is 1. The molecular weight excluding hydrogens is 509 g/mol. The van der Waals surface area contributed by atoms with Crippen molar-refractivity contribution in [1.82, 2.24) is 20.5 Å². The molecule has 8 heteroatoms. The molecule has 2 aromatic heterocycles. The summed E-state index contributed by atoms with van der Waals surface area (Å²) in [7, 11) is 0. The minimum Gasteiger partial charge on any atom is -0.443 e. The molecule has 1 fully saturated rings. The fourth-order valence-corrected chi connectivity index (χ4v) is 4.29. The van der Waals surface area contributed by atoms with E-state index in [-0.39, 0.29) is 29.4 Å². The Kier molecular flexibility index (Phi) is 10.1. The maximum Gasteiger partial charge on any atom is 0.216 e. The number of hydrogen-bond donors (Lipinski definition) is 2. The summed E-state index contributed by atoms with van der Waals surface area (Å²) in [5.41, 5.74) is -0.0340. The SMILES string of the molecule is CCNC(=NCc1ncc(C(C)(C)C)o1)NCC1CCCN(Cc2cccs2)C1.I. The number of nitrogens with zero attached hydrogens (tertiary/aromatic N) is 3. The highest BCUT2D eigenvalue weighted by atomic mass is 127. The van der Waals surface area contributed by atoms with E-state index in [4.69, 9.17) is 4.42 Å². The predicted molar refractivity (Wildman–Crippen MR) is 136 cm³/mol. The number of aromatic nitrogens is 1. The van der Waals surface area contributed by atoms with Crippen LogP contribution in [0.15, 0.2) is 33.1 Å². The fourth-order valence-electron chi connectivity index (χ4n) is 3.54. The van der Waals surface area contributed by atoms with Gasteiger partial charge in [-0.1, -0.05) is 26.8 Å². The molecule has 1 aliphatic heterocycles. The number of thiophene rings is 1. The molecule has 3 heterocycles. The molecule has 0 bridgehead atoms. The summed E-state index contributed by atoms with van der Waals surface area (Å²) < 4.78 is 5.86. The minimum atomic E-state index is -0.0340. The van der Waals surface area contributed by atoms with Crippen molar-refractivity contribution in [1.29, 1.82) is 0 Å². The predicted octanol–water partition coefficient (Wildman–Crippen LogP) is 4.62. The summed E-state index contributed by atoms with van der Waals surface area (Å²) in [4.78, 5) is 13.1. The van der Waals surface area contributed by atoms with Gasteiger partial charge in [-0.05, 0) is 43.7 Å². The molecule has 168 valence electrons. The average Bonchev–Trinajstić information content (AvgIpc) is 3.36. The van der Waals surface area contributed by atoms with Crippen LogP contribution in [0.5, 0.6) is 0 Å². The Morgan fingerprint density at radius 2 is 2.20 bits per heavy atom. The summed E-state index contributed by atoms with van der Waals surface area (Å²) in [5.74, 6) is 3.03. The first-order chi connectivity index (χ1) is 13.9. The number of aliphatic imine (C=N–C) groups is 1. The van der Waals surface area contributed by atoms with Crippen LogP contribution in [0.1, 0.15) is 57.1 Å². The largest absolute Gasteiger partial charge is 0.443 e. The van der Waals surface area contributed by atoms with Gasteiger partial charge in [0.15, 0.2) is 5.96 Å². The van der Waals surface area contributed by atoms with E-state index < -0.39 is 0 Å². The van der Waals surface area contributed by atoms with Crippen molar-refractivity contribution < 1.29 is 4.42 Å². The van der Waals surface area contributed by atoms with Crippen molar-refractivity contribution in [3.05, 3.63) is 40.2 Å².